The zero-order valence-electron chi connectivity index (χ0n) is 11.0. The van der Waals surface area contributed by atoms with Crippen LogP contribution in [-0.4, -0.2) is 5.84 Å². The quantitative estimate of drug-likeness (QED) is 0.385. The standard InChI is InChI=1S/C15H17N5/c16-12-3-1-10(2-4-12)5-6-20-15(19)11-7-13(17)9-14(18)8-11/h1-9H,16-18H2,(H2,19,20)/b6-5+. The summed E-state index contributed by atoms with van der Waals surface area (Å²) in [5.74, 6) is 0.357. The van der Waals surface area contributed by atoms with Crippen LogP contribution in [0, 0.1) is 0 Å². The molecule has 0 amide bonds. The van der Waals surface area contributed by atoms with E-state index in [1.54, 1.807) is 24.4 Å². The summed E-state index contributed by atoms with van der Waals surface area (Å²) in [6.07, 6.45) is 3.46. The van der Waals surface area contributed by atoms with Crippen LogP contribution in [0.3, 0.4) is 0 Å². The van der Waals surface area contributed by atoms with E-state index in [1.807, 2.05) is 30.3 Å². The summed E-state index contributed by atoms with van der Waals surface area (Å²) in [5, 5.41) is 0. The molecule has 20 heavy (non-hydrogen) atoms. The van der Waals surface area contributed by atoms with E-state index in [0.717, 1.165) is 11.3 Å². The third-order valence-electron chi connectivity index (χ3n) is 2.69. The number of nitrogens with zero attached hydrogens (tertiary/aromatic N) is 1. The van der Waals surface area contributed by atoms with Gasteiger partial charge in [0.25, 0.3) is 0 Å². The summed E-state index contributed by atoms with van der Waals surface area (Å²) in [5.41, 5.74) is 26.4. The summed E-state index contributed by atoms with van der Waals surface area (Å²) in [6, 6.07) is 12.6. The van der Waals surface area contributed by atoms with Gasteiger partial charge in [0, 0.05) is 28.8 Å². The van der Waals surface area contributed by atoms with Crippen LogP contribution in [-0.2, 0) is 0 Å². The Morgan fingerprint density at radius 2 is 1.45 bits per heavy atom. The minimum absolute atomic E-state index is 0.357. The predicted molar refractivity (Wildman–Crippen MR) is 85.9 cm³/mol. The highest BCUT2D eigenvalue weighted by Gasteiger charge is 2.00. The topological polar surface area (TPSA) is 116 Å². The third kappa shape index (κ3) is 3.52. The maximum Gasteiger partial charge on any atom is 0.130 e. The van der Waals surface area contributed by atoms with E-state index in [2.05, 4.69) is 4.99 Å². The van der Waals surface area contributed by atoms with Crippen molar-refractivity contribution in [3.05, 3.63) is 59.8 Å². The molecule has 8 N–H and O–H groups in total. The molecule has 2 rings (SSSR count). The molecule has 0 atom stereocenters. The molecule has 0 unspecified atom stereocenters. The predicted octanol–water partition coefficient (Wildman–Crippen LogP) is 1.81. The Bertz CT molecular complexity index is 636. The number of anilines is 3. The SMILES string of the molecule is NC(=N/C=C/c1ccc(N)cc1)c1cc(N)cc(N)c1. The molecule has 0 radical (unpaired) electrons. The van der Waals surface area contributed by atoms with E-state index in [4.69, 9.17) is 22.9 Å². The van der Waals surface area contributed by atoms with Gasteiger partial charge in [0.05, 0.1) is 0 Å². The van der Waals surface area contributed by atoms with Crippen LogP contribution in [0.25, 0.3) is 6.08 Å². The Labute approximate surface area is 117 Å². The summed E-state index contributed by atoms with van der Waals surface area (Å²) >= 11 is 0. The second kappa shape index (κ2) is 5.79. The molecule has 0 heterocycles. The molecule has 0 aliphatic heterocycles. The van der Waals surface area contributed by atoms with E-state index >= 15 is 0 Å². The van der Waals surface area contributed by atoms with Crippen molar-refractivity contribution in [3.8, 4) is 0 Å². The molecule has 5 nitrogen and oxygen atoms in total. The lowest BCUT2D eigenvalue weighted by Gasteiger charge is -2.03. The van der Waals surface area contributed by atoms with Crippen molar-refractivity contribution in [1.82, 2.24) is 0 Å². The minimum Gasteiger partial charge on any atom is -0.399 e. The number of amidine groups is 1. The van der Waals surface area contributed by atoms with Crippen LogP contribution < -0.4 is 22.9 Å². The largest absolute Gasteiger partial charge is 0.399 e. The molecule has 5 heteroatoms. The number of hydrogen-bond donors (Lipinski definition) is 4. The van der Waals surface area contributed by atoms with Crippen molar-refractivity contribution in [2.24, 2.45) is 10.7 Å². The van der Waals surface area contributed by atoms with Crippen LogP contribution in [0.2, 0.25) is 0 Å². The van der Waals surface area contributed by atoms with Crippen molar-refractivity contribution in [2.75, 3.05) is 17.2 Å². The zero-order valence-corrected chi connectivity index (χ0v) is 11.0. The van der Waals surface area contributed by atoms with Gasteiger partial charge in [-0.05, 0) is 42.0 Å². The molecule has 0 saturated heterocycles. The molecule has 0 saturated carbocycles. The van der Waals surface area contributed by atoms with E-state index in [-0.39, 0.29) is 0 Å². The van der Waals surface area contributed by atoms with Crippen LogP contribution in [0.5, 0.6) is 0 Å². The van der Waals surface area contributed by atoms with Crippen molar-refractivity contribution in [2.45, 2.75) is 0 Å². The third-order valence-corrected chi connectivity index (χ3v) is 2.69. The van der Waals surface area contributed by atoms with Crippen LogP contribution >= 0.6 is 0 Å². The van der Waals surface area contributed by atoms with Crippen molar-refractivity contribution in [1.29, 1.82) is 0 Å². The molecule has 0 aliphatic carbocycles. The molecular formula is C15H17N5. The van der Waals surface area contributed by atoms with Gasteiger partial charge in [0.15, 0.2) is 0 Å². The first-order valence-electron chi connectivity index (χ1n) is 6.06. The molecule has 0 fully saturated rings. The van der Waals surface area contributed by atoms with Crippen LogP contribution in [0.1, 0.15) is 11.1 Å². The summed E-state index contributed by atoms with van der Waals surface area (Å²) < 4.78 is 0. The molecule has 2 aromatic rings. The fourth-order valence-corrected chi connectivity index (χ4v) is 1.71. The molecule has 102 valence electrons. The second-order valence-corrected chi connectivity index (χ2v) is 4.39. The summed E-state index contributed by atoms with van der Waals surface area (Å²) in [6.45, 7) is 0. The first-order valence-corrected chi connectivity index (χ1v) is 6.06. The average Bonchev–Trinajstić information content (AvgIpc) is 2.40. The number of nitrogen functional groups attached to an aromatic ring is 3. The van der Waals surface area contributed by atoms with Gasteiger partial charge in [-0.1, -0.05) is 12.1 Å². The second-order valence-electron chi connectivity index (χ2n) is 4.39. The summed E-state index contributed by atoms with van der Waals surface area (Å²) in [7, 11) is 0. The smallest absolute Gasteiger partial charge is 0.130 e. The van der Waals surface area contributed by atoms with Gasteiger partial charge in [0.2, 0.25) is 0 Å². The lowest BCUT2D eigenvalue weighted by molar-refractivity contribution is 1.47. The first-order chi connectivity index (χ1) is 9.54. The van der Waals surface area contributed by atoms with Crippen LogP contribution in [0.4, 0.5) is 17.1 Å². The highest BCUT2D eigenvalue weighted by atomic mass is 14.8. The van der Waals surface area contributed by atoms with Crippen molar-refractivity contribution >= 4 is 29.0 Å². The Morgan fingerprint density at radius 1 is 0.850 bits per heavy atom. The van der Waals surface area contributed by atoms with Gasteiger partial charge in [0.1, 0.15) is 5.84 Å². The Hall–Kier alpha value is -2.95. The van der Waals surface area contributed by atoms with Crippen LogP contribution in [0.15, 0.2) is 53.7 Å². The van der Waals surface area contributed by atoms with Gasteiger partial charge >= 0.3 is 0 Å². The van der Waals surface area contributed by atoms with Gasteiger partial charge in [-0.2, -0.15) is 0 Å². The van der Waals surface area contributed by atoms with E-state index in [1.165, 1.54) is 0 Å². The number of aliphatic imine (C=N–C) groups is 1. The van der Waals surface area contributed by atoms with Crippen molar-refractivity contribution in [3.63, 3.8) is 0 Å². The zero-order chi connectivity index (χ0) is 14.5. The molecule has 0 spiro atoms. The van der Waals surface area contributed by atoms with E-state index < -0.39 is 0 Å². The van der Waals surface area contributed by atoms with Gasteiger partial charge in [-0.3, -0.25) is 0 Å². The highest BCUT2D eigenvalue weighted by Crippen LogP contribution is 2.13. The molecule has 0 bridgehead atoms. The van der Waals surface area contributed by atoms with E-state index in [9.17, 15) is 0 Å². The number of benzene rings is 2. The fourth-order valence-electron chi connectivity index (χ4n) is 1.71. The number of rotatable bonds is 3. The lowest BCUT2D eigenvalue weighted by atomic mass is 10.1. The number of hydrogen-bond acceptors (Lipinski definition) is 4. The molecular weight excluding hydrogens is 250 g/mol. The van der Waals surface area contributed by atoms with E-state index in [0.29, 0.717) is 22.8 Å². The summed E-state index contributed by atoms with van der Waals surface area (Å²) in [4.78, 5) is 4.17. The first kappa shape index (κ1) is 13.5. The number of nitrogens with two attached hydrogens (primary N) is 4. The average molecular weight is 267 g/mol. The highest BCUT2D eigenvalue weighted by molar-refractivity contribution is 5.99. The minimum atomic E-state index is 0.357. The monoisotopic (exact) mass is 267 g/mol. The Kier molecular flexibility index (Phi) is 3.91. The maximum absolute atomic E-state index is 5.89. The molecule has 0 aromatic heterocycles. The molecule has 2 aromatic carbocycles. The Morgan fingerprint density at radius 3 is 2.05 bits per heavy atom. The lowest BCUT2D eigenvalue weighted by Crippen LogP contribution is -2.13. The van der Waals surface area contributed by atoms with Crippen molar-refractivity contribution < 1.29 is 0 Å². The van der Waals surface area contributed by atoms with Gasteiger partial charge in [-0.15, -0.1) is 0 Å². The fraction of sp³-hybridized carbons (Fsp3) is 0. The van der Waals surface area contributed by atoms with Gasteiger partial charge < -0.3 is 22.9 Å². The maximum atomic E-state index is 5.89. The van der Waals surface area contributed by atoms with Gasteiger partial charge in [-0.25, -0.2) is 4.99 Å². The normalized spacial score (nSPS) is 11.9. The molecule has 0 aliphatic rings. The Balaban J connectivity index is 2.16.